The molecule has 5 nitrogen and oxygen atoms in total. The van der Waals surface area contributed by atoms with Gasteiger partial charge in [-0.3, -0.25) is 9.69 Å². The number of halogens is 1. The first kappa shape index (κ1) is 21.4. The third-order valence-electron chi connectivity index (χ3n) is 6.07. The van der Waals surface area contributed by atoms with E-state index in [2.05, 4.69) is 10.8 Å². The summed E-state index contributed by atoms with van der Waals surface area (Å²) in [6.45, 7) is 4.55. The first-order valence-corrected chi connectivity index (χ1v) is 10.0. The molecular weight excluding hydrogens is 388 g/mol. The molecule has 2 fully saturated rings. The van der Waals surface area contributed by atoms with Crippen LogP contribution in [0.15, 0.2) is 35.1 Å². The van der Waals surface area contributed by atoms with Crippen LogP contribution < -0.4 is 5.56 Å². The minimum atomic E-state index is -0.514. The highest BCUT2D eigenvalue weighted by Gasteiger charge is 2.41. The van der Waals surface area contributed by atoms with Gasteiger partial charge in [-0.25, -0.2) is 4.79 Å². The Morgan fingerprint density at radius 3 is 2.52 bits per heavy atom. The Balaban J connectivity index is 0.00000240. The van der Waals surface area contributed by atoms with Gasteiger partial charge in [-0.2, -0.15) is 0 Å². The number of ether oxygens (including phenoxy) is 1. The average Bonchev–Trinajstić information content (AvgIpc) is 2.90. The van der Waals surface area contributed by atoms with Crippen LogP contribution in [-0.2, 0) is 4.74 Å². The zero-order valence-electron chi connectivity index (χ0n) is 16.8. The molecule has 4 rings (SSSR count). The lowest BCUT2D eigenvalue weighted by Gasteiger charge is -2.37. The molecule has 6 heteroatoms. The number of rotatable bonds is 4. The van der Waals surface area contributed by atoms with Crippen molar-refractivity contribution in [1.82, 2.24) is 9.47 Å². The van der Waals surface area contributed by atoms with Crippen molar-refractivity contribution in [3.8, 4) is 12.3 Å². The van der Waals surface area contributed by atoms with Crippen LogP contribution in [0.1, 0.15) is 55.9 Å². The van der Waals surface area contributed by atoms with Gasteiger partial charge in [0.2, 0.25) is 0 Å². The number of para-hydroxylation sites is 1. The summed E-state index contributed by atoms with van der Waals surface area (Å²) in [7, 11) is 0. The van der Waals surface area contributed by atoms with Crippen LogP contribution in [-0.4, -0.2) is 40.2 Å². The fraction of sp³-hybridized carbons (Fsp3) is 0.478. The van der Waals surface area contributed by atoms with Gasteiger partial charge in [-0.05, 0) is 44.2 Å². The summed E-state index contributed by atoms with van der Waals surface area (Å²) in [6, 6.07) is 10.00. The van der Waals surface area contributed by atoms with E-state index in [9.17, 15) is 9.59 Å². The van der Waals surface area contributed by atoms with Crippen molar-refractivity contribution < 1.29 is 9.53 Å². The minimum absolute atomic E-state index is 0. The van der Waals surface area contributed by atoms with Gasteiger partial charge < -0.3 is 9.30 Å². The fourth-order valence-electron chi connectivity index (χ4n) is 4.84. The maximum absolute atomic E-state index is 13.0. The second-order valence-electron chi connectivity index (χ2n) is 8.15. The van der Waals surface area contributed by atoms with E-state index in [1.54, 1.807) is 10.6 Å². The molecule has 2 aromatic rings. The number of hydrogen-bond donors (Lipinski definition) is 0. The second kappa shape index (κ2) is 8.61. The van der Waals surface area contributed by atoms with Crippen LogP contribution >= 0.6 is 12.4 Å². The van der Waals surface area contributed by atoms with Crippen molar-refractivity contribution in [1.29, 1.82) is 0 Å². The molecule has 2 atom stereocenters. The highest BCUT2D eigenvalue weighted by Crippen LogP contribution is 2.36. The molecule has 2 bridgehead atoms. The molecule has 154 valence electrons. The molecular formula is C23H27ClN2O3. The summed E-state index contributed by atoms with van der Waals surface area (Å²) in [6.07, 6.45) is 9.10. The van der Waals surface area contributed by atoms with Crippen LogP contribution in [0.4, 0.5) is 0 Å². The summed E-state index contributed by atoms with van der Waals surface area (Å²) in [5.74, 6) is 2.22. The molecule has 0 spiro atoms. The monoisotopic (exact) mass is 414 g/mol. The Morgan fingerprint density at radius 1 is 1.24 bits per heavy atom. The van der Waals surface area contributed by atoms with Gasteiger partial charge in [0, 0.05) is 31.0 Å². The van der Waals surface area contributed by atoms with Gasteiger partial charge >= 0.3 is 5.97 Å². The maximum Gasteiger partial charge on any atom is 0.344 e. The van der Waals surface area contributed by atoms with E-state index in [4.69, 9.17) is 11.2 Å². The topological polar surface area (TPSA) is 51.5 Å². The van der Waals surface area contributed by atoms with E-state index in [1.165, 1.54) is 0 Å². The Kier molecular flexibility index (Phi) is 6.36. The summed E-state index contributed by atoms with van der Waals surface area (Å²) < 4.78 is 7.49. The van der Waals surface area contributed by atoms with Crippen molar-refractivity contribution in [3.63, 3.8) is 0 Å². The Hall–Kier alpha value is -2.29. The molecule has 2 aliphatic heterocycles. The minimum Gasteiger partial charge on any atom is -0.459 e. The number of hydrogen-bond acceptors (Lipinski definition) is 4. The van der Waals surface area contributed by atoms with E-state index in [1.807, 2.05) is 38.1 Å². The van der Waals surface area contributed by atoms with E-state index in [0.717, 1.165) is 36.6 Å². The number of carbonyl (C=O) groups excluding carboxylic acids is 1. The van der Waals surface area contributed by atoms with Crippen molar-refractivity contribution in [3.05, 3.63) is 46.2 Å². The molecule has 1 aromatic heterocycles. The molecule has 29 heavy (non-hydrogen) atoms. The first-order valence-electron chi connectivity index (χ1n) is 10.0. The average molecular weight is 415 g/mol. The predicted octanol–water partition coefficient (Wildman–Crippen LogP) is 3.79. The normalized spacial score (nSPS) is 23.6. The summed E-state index contributed by atoms with van der Waals surface area (Å²) in [5, 5.41) is 0.867. The third-order valence-corrected chi connectivity index (χ3v) is 6.07. The molecule has 2 aliphatic rings. The summed E-state index contributed by atoms with van der Waals surface area (Å²) in [5.41, 5.74) is 0.664. The van der Waals surface area contributed by atoms with Gasteiger partial charge in [0.15, 0.2) is 0 Å². The van der Waals surface area contributed by atoms with Gasteiger partial charge in [0.25, 0.3) is 5.56 Å². The quantitative estimate of drug-likeness (QED) is 0.564. The number of carbonyl (C=O) groups is 1. The SMILES string of the molecule is C#CCN1C2CCC1CC(OC(=O)c1cc3ccccc3n(C(C)C)c1=O)C2.Cl. The maximum atomic E-state index is 13.0. The zero-order valence-corrected chi connectivity index (χ0v) is 17.7. The van der Waals surface area contributed by atoms with E-state index in [0.29, 0.717) is 18.6 Å². The number of terminal acetylenes is 1. The number of esters is 1. The van der Waals surface area contributed by atoms with Gasteiger partial charge in [0.05, 0.1) is 12.1 Å². The van der Waals surface area contributed by atoms with Crippen molar-refractivity contribution in [2.24, 2.45) is 0 Å². The standard InChI is InChI=1S/C23H26N2O3.ClH/c1-4-11-24-17-9-10-18(24)14-19(13-17)28-23(27)20-12-16-7-5-6-8-21(16)25(15(2)3)22(20)26;/h1,5-8,12,15,17-19H,9-11,13-14H2,2-3H3;1H. The van der Waals surface area contributed by atoms with E-state index in [-0.39, 0.29) is 35.7 Å². The Bertz CT molecular complexity index is 993. The molecule has 0 amide bonds. The summed E-state index contributed by atoms with van der Waals surface area (Å²) >= 11 is 0. The van der Waals surface area contributed by atoms with Gasteiger partial charge in [0.1, 0.15) is 11.7 Å². The third kappa shape index (κ3) is 3.92. The number of benzene rings is 1. The largest absolute Gasteiger partial charge is 0.459 e. The number of nitrogens with zero attached hydrogens (tertiary/aromatic N) is 2. The molecule has 0 aliphatic carbocycles. The van der Waals surface area contributed by atoms with Crippen molar-refractivity contribution in [2.45, 2.75) is 63.8 Å². The predicted molar refractivity (Wildman–Crippen MR) is 117 cm³/mol. The first-order chi connectivity index (χ1) is 13.5. The zero-order chi connectivity index (χ0) is 19.8. The molecule has 0 radical (unpaired) electrons. The Morgan fingerprint density at radius 2 is 1.90 bits per heavy atom. The smallest absolute Gasteiger partial charge is 0.344 e. The lowest BCUT2D eigenvalue weighted by Crippen LogP contribution is -2.46. The van der Waals surface area contributed by atoms with E-state index >= 15 is 0 Å². The lowest BCUT2D eigenvalue weighted by molar-refractivity contribution is -0.00322. The van der Waals surface area contributed by atoms with Crippen LogP contribution in [0, 0.1) is 12.3 Å². The number of fused-ring (bicyclic) bond motifs is 3. The number of aromatic nitrogens is 1. The van der Waals surface area contributed by atoms with Crippen LogP contribution in [0.3, 0.4) is 0 Å². The van der Waals surface area contributed by atoms with Crippen LogP contribution in [0.5, 0.6) is 0 Å². The van der Waals surface area contributed by atoms with Crippen molar-refractivity contribution in [2.75, 3.05) is 6.54 Å². The molecule has 2 saturated heterocycles. The highest BCUT2D eigenvalue weighted by atomic mass is 35.5. The molecule has 0 saturated carbocycles. The van der Waals surface area contributed by atoms with E-state index < -0.39 is 5.97 Å². The van der Waals surface area contributed by atoms with Crippen LogP contribution in [0.2, 0.25) is 0 Å². The molecule has 3 heterocycles. The lowest BCUT2D eigenvalue weighted by atomic mass is 9.99. The fourth-order valence-corrected chi connectivity index (χ4v) is 4.84. The van der Waals surface area contributed by atoms with Crippen LogP contribution in [0.25, 0.3) is 10.9 Å². The molecule has 2 unspecified atom stereocenters. The Labute approximate surface area is 177 Å². The summed E-state index contributed by atoms with van der Waals surface area (Å²) in [4.78, 5) is 28.3. The number of piperidine rings is 1. The second-order valence-corrected chi connectivity index (χ2v) is 8.15. The van der Waals surface area contributed by atoms with Gasteiger partial charge in [-0.1, -0.05) is 24.1 Å². The molecule has 1 aromatic carbocycles. The molecule has 0 N–H and O–H groups in total. The van der Waals surface area contributed by atoms with Crippen molar-refractivity contribution >= 4 is 29.3 Å². The number of pyridine rings is 1. The van der Waals surface area contributed by atoms with Gasteiger partial charge in [-0.15, -0.1) is 18.8 Å². The highest BCUT2D eigenvalue weighted by molar-refractivity contribution is 5.94.